The van der Waals surface area contributed by atoms with Crippen LogP contribution < -0.4 is 0 Å². The van der Waals surface area contributed by atoms with Crippen LogP contribution in [0.5, 0.6) is 0 Å². The van der Waals surface area contributed by atoms with Gasteiger partial charge in [-0.15, -0.1) is 0 Å². The summed E-state index contributed by atoms with van der Waals surface area (Å²) in [5.74, 6) is 0.593. The van der Waals surface area contributed by atoms with Crippen LogP contribution in [0.3, 0.4) is 0 Å². The Bertz CT molecular complexity index is 751. The lowest BCUT2D eigenvalue weighted by Gasteiger charge is -2.24. The second kappa shape index (κ2) is 5.61. The first-order valence-electron chi connectivity index (χ1n) is 7.66. The van der Waals surface area contributed by atoms with Crippen molar-refractivity contribution in [3.05, 3.63) is 107 Å². The van der Waals surface area contributed by atoms with Crippen LogP contribution in [0.1, 0.15) is 34.2 Å². The largest absolute Gasteiger partial charge is 0.261 e. The van der Waals surface area contributed by atoms with E-state index in [1.54, 1.807) is 0 Å². The highest BCUT2D eigenvalue weighted by molar-refractivity contribution is 5.64. The van der Waals surface area contributed by atoms with Crippen LogP contribution in [-0.2, 0) is 0 Å². The third kappa shape index (κ3) is 2.25. The normalized spacial score (nSPS) is 17.2. The average Bonchev–Trinajstić information content (AvgIpc) is 3.01. The molecule has 4 rings (SSSR count). The fraction of sp³-hybridized carbons (Fsp3) is 0.0952. The highest BCUT2D eigenvalue weighted by atomic mass is 14.7. The van der Waals surface area contributed by atoms with E-state index in [1.807, 2.05) is 12.3 Å². The van der Waals surface area contributed by atoms with E-state index in [-0.39, 0.29) is 5.92 Å². The zero-order chi connectivity index (χ0) is 14.8. The number of hydrogen-bond donors (Lipinski definition) is 0. The van der Waals surface area contributed by atoms with Gasteiger partial charge in [0.15, 0.2) is 0 Å². The molecule has 0 amide bonds. The Balaban J connectivity index is 1.85. The first kappa shape index (κ1) is 13.0. The van der Waals surface area contributed by atoms with Crippen molar-refractivity contribution >= 4 is 6.08 Å². The molecule has 1 heteroatoms. The summed E-state index contributed by atoms with van der Waals surface area (Å²) >= 11 is 0. The van der Waals surface area contributed by atoms with Crippen molar-refractivity contribution in [1.29, 1.82) is 0 Å². The number of rotatable bonds is 3. The molecule has 1 heterocycles. The summed E-state index contributed by atoms with van der Waals surface area (Å²) in [6.45, 7) is 0. The van der Waals surface area contributed by atoms with Gasteiger partial charge in [0, 0.05) is 23.7 Å². The predicted octanol–water partition coefficient (Wildman–Crippen LogP) is 5.02. The highest BCUT2D eigenvalue weighted by Gasteiger charge is 2.29. The Hall–Kier alpha value is -2.67. The van der Waals surface area contributed by atoms with Gasteiger partial charge in [-0.25, -0.2) is 0 Å². The Morgan fingerprint density at radius 1 is 0.773 bits per heavy atom. The molecule has 1 aromatic heterocycles. The number of allylic oxidation sites excluding steroid dienone is 1. The van der Waals surface area contributed by atoms with Crippen LogP contribution in [0.2, 0.25) is 0 Å². The van der Waals surface area contributed by atoms with E-state index < -0.39 is 0 Å². The van der Waals surface area contributed by atoms with Gasteiger partial charge in [-0.3, -0.25) is 4.98 Å². The SMILES string of the molecule is C1=CC(C(c2ccccc2)c2ccccn2)c2ccccc21. The maximum atomic E-state index is 4.64. The second-order valence-corrected chi connectivity index (χ2v) is 5.66. The molecule has 1 aliphatic rings. The molecule has 0 N–H and O–H groups in total. The maximum absolute atomic E-state index is 4.64. The highest BCUT2D eigenvalue weighted by Crippen LogP contribution is 2.43. The molecule has 106 valence electrons. The van der Waals surface area contributed by atoms with Crippen molar-refractivity contribution in [2.75, 3.05) is 0 Å². The maximum Gasteiger partial charge on any atom is 0.0487 e. The molecule has 1 aliphatic carbocycles. The lowest BCUT2D eigenvalue weighted by molar-refractivity contribution is 0.702. The molecule has 0 saturated heterocycles. The molecule has 1 nitrogen and oxygen atoms in total. The van der Waals surface area contributed by atoms with Gasteiger partial charge in [-0.1, -0.05) is 72.8 Å². The molecule has 0 radical (unpaired) electrons. The fourth-order valence-corrected chi connectivity index (χ4v) is 3.35. The fourth-order valence-electron chi connectivity index (χ4n) is 3.35. The number of benzene rings is 2. The predicted molar refractivity (Wildman–Crippen MR) is 90.7 cm³/mol. The van der Waals surface area contributed by atoms with Gasteiger partial charge >= 0.3 is 0 Å². The first-order valence-corrected chi connectivity index (χ1v) is 7.66. The summed E-state index contributed by atoms with van der Waals surface area (Å²) in [5, 5.41) is 0. The zero-order valence-corrected chi connectivity index (χ0v) is 12.3. The lowest BCUT2D eigenvalue weighted by atomic mass is 9.80. The average molecular weight is 283 g/mol. The molecule has 0 bridgehead atoms. The summed E-state index contributed by atoms with van der Waals surface area (Å²) in [6, 6.07) is 25.5. The summed E-state index contributed by atoms with van der Waals surface area (Å²) < 4.78 is 0. The molecule has 0 fully saturated rings. The van der Waals surface area contributed by atoms with Crippen molar-refractivity contribution in [3.8, 4) is 0 Å². The molecular formula is C21H17N. The van der Waals surface area contributed by atoms with E-state index in [2.05, 4.69) is 83.9 Å². The Morgan fingerprint density at radius 3 is 2.36 bits per heavy atom. The number of pyridine rings is 1. The Kier molecular flexibility index (Phi) is 3.32. The minimum atomic E-state index is 0.252. The Morgan fingerprint density at radius 2 is 1.55 bits per heavy atom. The van der Waals surface area contributed by atoms with Crippen molar-refractivity contribution < 1.29 is 0 Å². The van der Waals surface area contributed by atoms with Crippen molar-refractivity contribution in [3.63, 3.8) is 0 Å². The molecule has 0 spiro atoms. The van der Waals surface area contributed by atoms with Crippen LogP contribution in [0, 0.1) is 0 Å². The summed E-state index contributed by atoms with van der Waals surface area (Å²) in [7, 11) is 0. The van der Waals surface area contributed by atoms with E-state index >= 15 is 0 Å². The smallest absolute Gasteiger partial charge is 0.0487 e. The van der Waals surface area contributed by atoms with E-state index in [0.717, 1.165) is 5.69 Å². The topological polar surface area (TPSA) is 12.9 Å². The first-order chi connectivity index (χ1) is 10.9. The van der Waals surface area contributed by atoms with Gasteiger partial charge in [0.2, 0.25) is 0 Å². The molecule has 2 aromatic carbocycles. The van der Waals surface area contributed by atoms with Gasteiger partial charge in [-0.05, 0) is 28.8 Å². The number of hydrogen-bond acceptors (Lipinski definition) is 1. The van der Waals surface area contributed by atoms with Gasteiger partial charge in [0.05, 0.1) is 0 Å². The second-order valence-electron chi connectivity index (χ2n) is 5.66. The van der Waals surface area contributed by atoms with Gasteiger partial charge in [0.1, 0.15) is 0 Å². The van der Waals surface area contributed by atoms with Crippen LogP contribution in [0.15, 0.2) is 85.1 Å². The monoisotopic (exact) mass is 283 g/mol. The van der Waals surface area contributed by atoms with Crippen LogP contribution in [0.25, 0.3) is 6.08 Å². The Labute approximate surface area is 131 Å². The van der Waals surface area contributed by atoms with Crippen LogP contribution in [0.4, 0.5) is 0 Å². The van der Waals surface area contributed by atoms with Crippen LogP contribution >= 0.6 is 0 Å². The van der Waals surface area contributed by atoms with Crippen molar-refractivity contribution in [1.82, 2.24) is 4.98 Å². The summed E-state index contributed by atoms with van der Waals surface area (Å²) in [4.78, 5) is 4.64. The lowest BCUT2D eigenvalue weighted by Crippen LogP contribution is -2.11. The number of fused-ring (bicyclic) bond motifs is 1. The van der Waals surface area contributed by atoms with Crippen molar-refractivity contribution in [2.24, 2.45) is 0 Å². The molecule has 22 heavy (non-hydrogen) atoms. The summed E-state index contributed by atoms with van der Waals surface area (Å²) in [5.41, 5.74) is 5.15. The molecular weight excluding hydrogens is 266 g/mol. The number of nitrogens with zero attached hydrogens (tertiary/aromatic N) is 1. The van der Waals surface area contributed by atoms with Gasteiger partial charge < -0.3 is 0 Å². The van der Waals surface area contributed by atoms with E-state index in [9.17, 15) is 0 Å². The third-order valence-corrected chi connectivity index (χ3v) is 4.36. The van der Waals surface area contributed by atoms with Crippen molar-refractivity contribution in [2.45, 2.75) is 11.8 Å². The molecule has 3 aromatic rings. The molecule has 0 saturated carbocycles. The summed E-state index contributed by atoms with van der Waals surface area (Å²) in [6.07, 6.45) is 6.44. The molecule has 2 atom stereocenters. The molecule has 2 unspecified atom stereocenters. The van der Waals surface area contributed by atoms with Gasteiger partial charge in [-0.2, -0.15) is 0 Å². The third-order valence-electron chi connectivity index (χ3n) is 4.36. The van der Waals surface area contributed by atoms with E-state index in [4.69, 9.17) is 0 Å². The quantitative estimate of drug-likeness (QED) is 0.657. The molecule has 0 aliphatic heterocycles. The van der Waals surface area contributed by atoms with E-state index in [0.29, 0.717) is 5.92 Å². The van der Waals surface area contributed by atoms with Gasteiger partial charge in [0.25, 0.3) is 0 Å². The zero-order valence-electron chi connectivity index (χ0n) is 12.3. The number of aromatic nitrogens is 1. The standard InChI is InChI=1S/C21H17N/c1-2-9-17(10-3-1)21(20-12-6-7-15-22-20)19-14-13-16-8-4-5-11-18(16)19/h1-15,19,21H. The minimum Gasteiger partial charge on any atom is -0.261 e. The van der Waals surface area contributed by atoms with Crippen LogP contribution in [-0.4, -0.2) is 4.98 Å². The minimum absolute atomic E-state index is 0.252. The van der Waals surface area contributed by atoms with E-state index in [1.165, 1.54) is 16.7 Å².